The number of carboxylic acids is 1. The van der Waals surface area contributed by atoms with E-state index in [1.54, 1.807) is 0 Å². The molecule has 1 fully saturated rings. The van der Waals surface area contributed by atoms with Crippen LogP contribution in [0.25, 0.3) is 0 Å². The Bertz CT molecular complexity index is 557. The Kier molecular flexibility index (Phi) is 4.08. The lowest BCUT2D eigenvalue weighted by molar-refractivity contribution is -0.148. The van der Waals surface area contributed by atoms with Gasteiger partial charge in [-0.3, -0.25) is 4.79 Å². The number of hydrogen-bond donors (Lipinski definition) is 1. The molecule has 2 rings (SSSR count). The molecule has 1 unspecified atom stereocenters. The molecule has 0 aliphatic carbocycles. The SMILES string of the molecule is Cc1cc(C)cc(C(=O)N2CCCC(C)(C)C2C(=O)O)c1. The monoisotopic (exact) mass is 289 g/mol. The van der Waals surface area contributed by atoms with Gasteiger partial charge in [-0.25, -0.2) is 4.79 Å². The summed E-state index contributed by atoms with van der Waals surface area (Å²) in [5.41, 5.74) is 2.21. The maximum atomic E-state index is 12.8. The first-order chi connectivity index (χ1) is 9.72. The van der Waals surface area contributed by atoms with Crippen LogP contribution in [0.1, 0.15) is 48.2 Å². The maximum Gasteiger partial charge on any atom is 0.326 e. The Balaban J connectivity index is 2.38. The molecule has 1 aliphatic rings. The number of aliphatic carboxylic acids is 1. The largest absolute Gasteiger partial charge is 0.480 e. The molecular weight excluding hydrogens is 266 g/mol. The predicted octanol–water partition coefficient (Wildman–Crippen LogP) is 3.02. The molecule has 4 heteroatoms. The van der Waals surface area contributed by atoms with E-state index in [0.29, 0.717) is 12.1 Å². The van der Waals surface area contributed by atoms with Crippen LogP contribution in [-0.2, 0) is 4.79 Å². The first kappa shape index (κ1) is 15.5. The van der Waals surface area contributed by atoms with E-state index in [1.807, 2.05) is 45.9 Å². The number of amides is 1. The second-order valence-electron chi connectivity index (χ2n) is 6.71. The molecule has 1 aliphatic heterocycles. The molecule has 0 radical (unpaired) electrons. The summed E-state index contributed by atoms with van der Waals surface area (Å²) >= 11 is 0. The molecule has 1 heterocycles. The highest BCUT2D eigenvalue weighted by atomic mass is 16.4. The van der Waals surface area contributed by atoms with Crippen molar-refractivity contribution in [3.8, 4) is 0 Å². The molecule has 1 saturated heterocycles. The molecule has 1 amide bonds. The smallest absolute Gasteiger partial charge is 0.326 e. The van der Waals surface area contributed by atoms with Gasteiger partial charge < -0.3 is 10.0 Å². The number of nitrogens with zero attached hydrogens (tertiary/aromatic N) is 1. The molecule has 0 bridgehead atoms. The van der Waals surface area contributed by atoms with Crippen molar-refractivity contribution in [2.45, 2.75) is 46.6 Å². The molecule has 1 atom stereocenters. The summed E-state index contributed by atoms with van der Waals surface area (Å²) in [5, 5.41) is 9.56. The molecule has 1 N–H and O–H groups in total. The van der Waals surface area contributed by atoms with E-state index in [2.05, 4.69) is 0 Å². The molecule has 4 nitrogen and oxygen atoms in total. The minimum atomic E-state index is -0.919. The molecule has 0 saturated carbocycles. The minimum Gasteiger partial charge on any atom is -0.480 e. The van der Waals surface area contributed by atoms with Crippen molar-refractivity contribution in [2.24, 2.45) is 5.41 Å². The Morgan fingerprint density at radius 1 is 1.19 bits per heavy atom. The van der Waals surface area contributed by atoms with Crippen LogP contribution in [0.2, 0.25) is 0 Å². The zero-order valence-electron chi connectivity index (χ0n) is 13.1. The van der Waals surface area contributed by atoms with Gasteiger partial charge in [-0.1, -0.05) is 31.0 Å². The van der Waals surface area contributed by atoms with Crippen LogP contribution in [0.15, 0.2) is 18.2 Å². The Morgan fingerprint density at radius 3 is 2.29 bits per heavy atom. The second kappa shape index (κ2) is 5.51. The van der Waals surface area contributed by atoms with Crippen LogP contribution in [0, 0.1) is 19.3 Å². The fourth-order valence-electron chi connectivity index (χ4n) is 3.34. The lowest BCUT2D eigenvalue weighted by atomic mass is 9.76. The highest BCUT2D eigenvalue weighted by Crippen LogP contribution is 2.36. The lowest BCUT2D eigenvalue weighted by Crippen LogP contribution is -2.56. The fourth-order valence-corrected chi connectivity index (χ4v) is 3.34. The van der Waals surface area contributed by atoms with Gasteiger partial charge in [-0.2, -0.15) is 0 Å². The zero-order valence-corrected chi connectivity index (χ0v) is 13.1. The Hall–Kier alpha value is -1.84. The first-order valence-electron chi connectivity index (χ1n) is 7.34. The first-order valence-corrected chi connectivity index (χ1v) is 7.34. The van der Waals surface area contributed by atoms with E-state index in [4.69, 9.17) is 0 Å². The quantitative estimate of drug-likeness (QED) is 0.910. The van der Waals surface area contributed by atoms with Gasteiger partial charge in [0, 0.05) is 12.1 Å². The van der Waals surface area contributed by atoms with Gasteiger partial charge >= 0.3 is 5.97 Å². The van der Waals surface area contributed by atoms with Crippen LogP contribution < -0.4 is 0 Å². The highest BCUT2D eigenvalue weighted by molar-refractivity contribution is 5.97. The van der Waals surface area contributed by atoms with E-state index in [-0.39, 0.29) is 5.91 Å². The number of hydrogen-bond acceptors (Lipinski definition) is 2. The van der Waals surface area contributed by atoms with E-state index in [0.717, 1.165) is 24.0 Å². The van der Waals surface area contributed by atoms with Crippen LogP contribution in [0.5, 0.6) is 0 Å². The van der Waals surface area contributed by atoms with Crippen LogP contribution in [0.4, 0.5) is 0 Å². The van der Waals surface area contributed by atoms with E-state index in [9.17, 15) is 14.7 Å². The topological polar surface area (TPSA) is 57.6 Å². The normalized spacial score (nSPS) is 21.1. The Labute approximate surface area is 125 Å². The van der Waals surface area contributed by atoms with Crippen molar-refractivity contribution in [3.05, 3.63) is 34.9 Å². The number of carboxylic acid groups (broad SMARTS) is 1. The summed E-state index contributed by atoms with van der Waals surface area (Å²) in [6.07, 6.45) is 1.66. The van der Waals surface area contributed by atoms with Crippen LogP contribution >= 0.6 is 0 Å². The molecule has 21 heavy (non-hydrogen) atoms. The van der Waals surface area contributed by atoms with Crippen LogP contribution in [0.3, 0.4) is 0 Å². The summed E-state index contributed by atoms with van der Waals surface area (Å²) in [6, 6.07) is 4.90. The molecule has 114 valence electrons. The van der Waals surface area contributed by atoms with Crippen molar-refractivity contribution in [1.29, 1.82) is 0 Å². The second-order valence-corrected chi connectivity index (χ2v) is 6.71. The zero-order chi connectivity index (χ0) is 15.8. The van der Waals surface area contributed by atoms with Crippen molar-refractivity contribution in [3.63, 3.8) is 0 Å². The van der Waals surface area contributed by atoms with E-state index in [1.165, 1.54) is 4.90 Å². The molecule has 1 aromatic rings. The predicted molar refractivity (Wildman–Crippen MR) is 81.4 cm³/mol. The third kappa shape index (κ3) is 3.09. The molecule has 0 aromatic heterocycles. The average molecular weight is 289 g/mol. The maximum absolute atomic E-state index is 12.8. The summed E-state index contributed by atoms with van der Waals surface area (Å²) in [5.74, 6) is -1.10. The van der Waals surface area contributed by atoms with Crippen molar-refractivity contribution >= 4 is 11.9 Å². The van der Waals surface area contributed by atoms with Gasteiger partial charge in [0.15, 0.2) is 0 Å². The fraction of sp³-hybridized carbons (Fsp3) is 0.529. The average Bonchev–Trinajstić information content (AvgIpc) is 2.34. The molecule has 0 spiro atoms. The van der Waals surface area contributed by atoms with Crippen LogP contribution in [-0.4, -0.2) is 34.5 Å². The number of rotatable bonds is 2. The third-order valence-corrected chi connectivity index (χ3v) is 4.24. The summed E-state index contributed by atoms with van der Waals surface area (Å²) in [7, 11) is 0. The van der Waals surface area contributed by atoms with Gasteiger partial charge in [0.25, 0.3) is 5.91 Å². The molecule has 1 aromatic carbocycles. The number of carbonyl (C=O) groups excluding carboxylic acids is 1. The van der Waals surface area contributed by atoms with E-state index < -0.39 is 17.4 Å². The van der Waals surface area contributed by atoms with Gasteiger partial charge in [-0.05, 0) is 44.2 Å². The van der Waals surface area contributed by atoms with E-state index >= 15 is 0 Å². The highest BCUT2D eigenvalue weighted by Gasteiger charge is 2.44. The van der Waals surface area contributed by atoms with Gasteiger partial charge in [0.05, 0.1) is 0 Å². The number of piperidine rings is 1. The van der Waals surface area contributed by atoms with Gasteiger partial charge in [-0.15, -0.1) is 0 Å². The third-order valence-electron chi connectivity index (χ3n) is 4.24. The van der Waals surface area contributed by atoms with Crippen molar-refractivity contribution < 1.29 is 14.7 Å². The summed E-state index contributed by atoms with van der Waals surface area (Å²) in [6.45, 7) is 8.24. The van der Waals surface area contributed by atoms with Gasteiger partial charge in [0.1, 0.15) is 6.04 Å². The number of carbonyl (C=O) groups is 2. The number of likely N-dealkylation sites (tertiary alicyclic amines) is 1. The van der Waals surface area contributed by atoms with Gasteiger partial charge in [0.2, 0.25) is 0 Å². The minimum absolute atomic E-state index is 0.179. The Morgan fingerprint density at radius 2 is 1.76 bits per heavy atom. The van der Waals surface area contributed by atoms with Crippen molar-refractivity contribution in [1.82, 2.24) is 4.90 Å². The standard InChI is InChI=1S/C17H23NO3/c1-11-8-12(2)10-13(9-11)15(19)18-7-5-6-17(3,4)14(18)16(20)21/h8-10,14H,5-7H2,1-4H3,(H,20,21). The summed E-state index contributed by atoms with van der Waals surface area (Å²) in [4.78, 5) is 26.0. The summed E-state index contributed by atoms with van der Waals surface area (Å²) < 4.78 is 0. The molecular formula is C17H23NO3. The van der Waals surface area contributed by atoms with Crippen molar-refractivity contribution in [2.75, 3.05) is 6.54 Å². The number of aryl methyl sites for hydroxylation is 2. The lowest BCUT2D eigenvalue weighted by Gasteiger charge is -2.44. The number of benzene rings is 1.